The van der Waals surface area contributed by atoms with Crippen molar-refractivity contribution in [3.8, 4) is 11.1 Å². The van der Waals surface area contributed by atoms with Gasteiger partial charge in [-0.25, -0.2) is 4.79 Å². The number of carbonyl (C=O) groups excluding carboxylic acids is 1. The lowest BCUT2D eigenvalue weighted by Crippen LogP contribution is -2.26. The van der Waals surface area contributed by atoms with Crippen molar-refractivity contribution in [2.45, 2.75) is 12.5 Å². The van der Waals surface area contributed by atoms with Gasteiger partial charge in [0.25, 0.3) is 10.1 Å². The molecule has 2 aliphatic rings. The lowest BCUT2D eigenvalue weighted by atomic mass is 10.1. The van der Waals surface area contributed by atoms with Gasteiger partial charge in [-0.15, -0.1) is 0 Å². The van der Waals surface area contributed by atoms with Crippen molar-refractivity contribution in [2.75, 3.05) is 24.3 Å². The van der Waals surface area contributed by atoms with E-state index in [1.54, 1.807) is 0 Å². The van der Waals surface area contributed by atoms with Crippen LogP contribution in [-0.4, -0.2) is 40.0 Å². The minimum atomic E-state index is -3.56. The van der Waals surface area contributed by atoms with E-state index < -0.39 is 22.3 Å². The summed E-state index contributed by atoms with van der Waals surface area (Å²) < 4.78 is 32.1. The van der Waals surface area contributed by atoms with Crippen LogP contribution in [0.4, 0.5) is 10.5 Å². The number of cyclic esters (lactones) is 1. The number of rotatable bonds is 4. The number of hydrogen-bond acceptors (Lipinski definition) is 5. The van der Waals surface area contributed by atoms with Crippen LogP contribution in [0.2, 0.25) is 0 Å². The van der Waals surface area contributed by atoms with Gasteiger partial charge in [-0.2, -0.15) is 8.42 Å². The molecule has 0 unspecified atom stereocenters. The van der Waals surface area contributed by atoms with Gasteiger partial charge in [0, 0.05) is 5.69 Å². The zero-order valence-electron chi connectivity index (χ0n) is 13.6. The van der Waals surface area contributed by atoms with E-state index in [2.05, 4.69) is 12.1 Å². The van der Waals surface area contributed by atoms with Crippen molar-refractivity contribution >= 4 is 21.9 Å². The molecule has 0 N–H and O–H groups in total. The van der Waals surface area contributed by atoms with Crippen molar-refractivity contribution in [3.63, 3.8) is 0 Å². The standard InChI is InChI=1S/C18H17NO5S/c1-25(21,22)23-11-15-10-19(18(20)24-15)14-6-7-17-13(9-14)8-12-4-2-3-5-16(12)17/h2-7,9,15H,8,10-11H2,1H3/t15-/m1/s1. The fraction of sp³-hybridized carbons (Fsp3) is 0.278. The van der Waals surface area contributed by atoms with Crippen molar-refractivity contribution in [1.82, 2.24) is 0 Å². The molecule has 1 amide bonds. The molecule has 2 aromatic rings. The van der Waals surface area contributed by atoms with Crippen molar-refractivity contribution in [3.05, 3.63) is 53.6 Å². The molecule has 0 aromatic heterocycles. The van der Waals surface area contributed by atoms with Crippen LogP contribution in [0.3, 0.4) is 0 Å². The molecule has 0 spiro atoms. The first kappa shape index (κ1) is 16.1. The molecule has 6 nitrogen and oxygen atoms in total. The van der Waals surface area contributed by atoms with Crippen LogP contribution < -0.4 is 4.90 Å². The third kappa shape index (κ3) is 3.12. The summed E-state index contributed by atoms with van der Waals surface area (Å²) >= 11 is 0. The van der Waals surface area contributed by atoms with E-state index in [9.17, 15) is 13.2 Å². The summed E-state index contributed by atoms with van der Waals surface area (Å²) in [6.07, 6.45) is 0.716. The van der Waals surface area contributed by atoms with Crippen LogP contribution in [0.15, 0.2) is 42.5 Å². The second-order valence-electron chi connectivity index (χ2n) is 6.28. The highest BCUT2D eigenvalue weighted by molar-refractivity contribution is 7.85. The molecule has 1 atom stereocenters. The highest BCUT2D eigenvalue weighted by atomic mass is 32.2. The number of anilines is 1. The molecule has 7 heteroatoms. The van der Waals surface area contributed by atoms with Crippen LogP contribution >= 0.6 is 0 Å². The number of nitrogens with zero attached hydrogens (tertiary/aromatic N) is 1. The lowest BCUT2D eigenvalue weighted by Gasteiger charge is -2.14. The van der Waals surface area contributed by atoms with E-state index in [1.165, 1.54) is 27.2 Å². The fourth-order valence-corrected chi connectivity index (χ4v) is 3.72. The Kier molecular flexibility index (Phi) is 3.77. The maximum absolute atomic E-state index is 12.1. The molecule has 1 heterocycles. The highest BCUT2D eigenvalue weighted by Crippen LogP contribution is 2.38. The zero-order valence-corrected chi connectivity index (χ0v) is 14.5. The Morgan fingerprint density at radius 3 is 2.72 bits per heavy atom. The van der Waals surface area contributed by atoms with E-state index in [-0.39, 0.29) is 13.2 Å². The van der Waals surface area contributed by atoms with E-state index in [1.807, 2.05) is 30.3 Å². The summed E-state index contributed by atoms with van der Waals surface area (Å²) in [7, 11) is -3.56. The second kappa shape index (κ2) is 5.86. The van der Waals surface area contributed by atoms with Crippen LogP contribution in [0.1, 0.15) is 11.1 Å². The van der Waals surface area contributed by atoms with E-state index in [0.29, 0.717) is 0 Å². The van der Waals surface area contributed by atoms with Gasteiger partial charge in [0.15, 0.2) is 0 Å². The fourth-order valence-electron chi connectivity index (χ4n) is 3.32. The van der Waals surface area contributed by atoms with Gasteiger partial charge in [0.05, 0.1) is 12.8 Å². The largest absolute Gasteiger partial charge is 0.441 e. The minimum Gasteiger partial charge on any atom is -0.441 e. The molecule has 1 saturated heterocycles. The second-order valence-corrected chi connectivity index (χ2v) is 7.92. The Morgan fingerprint density at radius 1 is 1.16 bits per heavy atom. The lowest BCUT2D eigenvalue weighted by molar-refractivity contribution is 0.107. The van der Waals surface area contributed by atoms with E-state index in [4.69, 9.17) is 8.92 Å². The maximum atomic E-state index is 12.1. The number of hydrogen-bond donors (Lipinski definition) is 0. The Bertz CT molecular complexity index is 954. The average Bonchev–Trinajstić information content (AvgIpc) is 3.12. The van der Waals surface area contributed by atoms with Crippen molar-refractivity contribution < 1.29 is 22.1 Å². The zero-order chi connectivity index (χ0) is 17.6. The third-order valence-electron chi connectivity index (χ3n) is 4.43. The molecule has 1 fully saturated rings. The van der Waals surface area contributed by atoms with Crippen LogP contribution in [-0.2, 0) is 25.5 Å². The predicted molar refractivity (Wildman–Crippen MR) is 93.1 cm³/mol. The monoisotopic (exact) mass is 359 g/mol. The van der Waals surface area contributed by atoms with Gasteiger partial charge < -0.3 is 4.74 Å². The molecule has 25 heavy (non-hydrogen) atoms. The Morgan fingerprint density at radius 2 is 1.92 bits per heavy atom. The molecular weight excluding hydrogens is 342 g/mol. The predicted octanol–water partition coefficient (Wildman–Crippen LogP) is 2.56. The third-order valence-corrected chi connectivity index (χ3v) is 5.00. The van der Waals surface area contributed by atoms with Crippen molar-refractivity contribution in [2.24, 2.45) is 0 Å². The van der Waals surface area contributed by atoms with Gasteiger partial charge in [-0.05, 0) is 40.8 Å². The first-order valence-corrected chi connectivity index (χ1v) is 9.76. The summed E-state index contributed by atoms with van der Waals surface area (Å²) in [5.74, 6) is 0. The number of carbonyl (C=O) groups is 1. The van der Waals surface area contributed by atoms with E-state index in [0.717, 1.165) is 18.4 Å². The van der Waals surface area contributed by atoms with E-state index >= 15 is 0 Å². The van der Waals surface area contributed by atoms with Gasteiger partial charge in [0.1, 0.15) is 12.7 Å². The van der Waals surface area contributed by atoms with Crippen LogP contribution in [0.5, 0.6) is 0 Å². The maximum Gasteiger partial charge on any atom is 0.414 e. The molecule has 1 aliphatic heterocycles. The Balaban J connectivity index is 1.54. The summed E-state index contributed by atoms with van der Waals surface area (Å²) in [4.78, 5) is 13.6. The first-order valence-electron chi connectivity index (χ1n) is 7.94. The number of ether oxygens (including phenoxy) is 1. The Hall–Kier alpha value is -2.38. The molecule has 0 bridgehead atoms. The van der Waals surface area contributed by atoms with Gasteiger partial charge in [0.2, 0.25) is 0 Å². The topological polar surface area (TPSA) is 72.9 Å². The minimum absolute atomic E-state index is 0.169. The smallest absolute Gasteiger partial charge is 0.414 e. The van der Waals surface area contributed by atoms with Gasteiger partial charge in [-0.1, -0.05) is 30.3 Å². The van der Waals surface area contributed by atoms with Gasteiger partial charge in [-0.3, -0.25) is 9.08 Å². The molecule has 2 aromatic carbocycles. The van der Waals surface area contributed by atoms with Crippen molar-refractivity contribution in [1.29, 1.82) is 0 Å². The number of benzene rings is 2. The molecule has 4 rings (SSSR count). The molecule has 0 saturated carbocycles. The summed E-state index contributed by atoms with van der Waals surface area (Å²) in [5, 5.41) is 0. The highest BCUT2D eigenvalue weighted by Gasteiger charge is 2.34. The molecule has 130 valence electrons. The SMILES string of the molecule is CS(=O)(=O)OC[C@H]1CN(c2ccc3c(c2)Cc2ccccc2-3)C(=O)O1. The summed E-state index contributed by atoms with van der Waals surface area (Å²) in [5.41, 5.74) is 5.61. The van der Waals surface area contributed by atoms with Gasteiger partial charge >= 0.3 is 6.09 Å². The average molecular weight is 359 g/mol. The van der Waals surface area contributed by atoms with Crippen LogP contribution in [0.25, 0.3) is 11.1 Å². The normalized spacial score (nSPS) is 18.8. The molecule has 1 aliphatic carbocycles. The Labute approximate surface area is 146 Å². The van der Waals surface area contributed by atoms with Crippen LogP contribution in [0, 0.1) is 0 Å². The molecular formula is C18H17NO5S. The summed E-state index contributed by atoms with van der Waals surface area (Å²) in [6, 6.07) is 14.2. The quantitative estimate of drug-likeness (QED) is 0.670. The number of fused-ring (bicyclic) bond motifs is 3. The first-order chi connectivity index (χ1) is 11.9. The molecule has 0 radical (unpaired) electrons. The summed E-state index contributed by atoms with van der Waals surface area (Å²) in [6.45, 7) is 0.0948. The number of amides is 1.